The second kappa shape index (κ2) is 5.88. The van der Waals surface area contributed by atoms with Gasteiger partial charge in [0.05, 0.1) is 0 Å². The lowest BCUT2D eigenvalue weighted by atomic mass is 9.71. The lowest BCUT2D eigenvalue weighted by Gasteiger charge is -2.32. The molecule has 2 nitrogen and oxygen atoms in total. The van der Waals surface area contributed by atoms with Gasteiger partial charge in [-0.2, -0.15) is 0 Å². The summed E-state index contributed by atoms with van der Waals surface area (Å²) in [6, 6.07) is 14.4. The van der Waals surface area contributed by atoms with E-state index in [1.165, 1.54) is 0 Å². The Balaban J connectivity index is 2.64. The Hall–Kier alpha value is -2.48. The number of phenols is 2. The first-order valence-corrected chi connectivity index (χ1v) is 6.87. The van der Waals surface area contributed by atoms with E-state index in [4.69, 9.17) is 0 Å². The molecule has 2 N–H and O–H groups in total. The van der Waals surface area contributed by atoms with Gasteiger partial charge >= 0.3 is 0 Å². The monoisotopic (exact) mass is 280 g/mol. The van der Waals surface area contributed by atoms with Crippen molar-refractivity contribution in [2.24, 2.45) is 0 Å². The van der Waals surface area contributed by atoms with Gasteiger partial charge in [-0.3, -0.25) is 0 Å². The van der Waals surface area contributed by atoms with Crippen LogP contribution in [0.5, 0.6) is 11.5 Å². The highest BCUT2D eigenvalue weighted by atomic mass is 16.3. The summed E-state index contributed by atoms with van der Waals surface area (Å²) < 4.78 is 0. The molecule has 0 aliphatic rings. The van der Waals surface area contributed by atoms with Gasteiger partial charge in [-0.1, -0.05) is 48.6 Å². The van der Waals surface area contributed by atoms with Crippen LogP contribution < -0.4 is 0 Å². The lowest BCUT2D eigenvalue weighted by Crippen LogP contribution is -2.25. The van der Waals surface area contributed by atoms with E-state index in [9.17, 15) is 10.2 Å². The van der Waals surface area contributed by atoms with Crippen molar-refractivity contribution in [3.05, 3.63) is 84.0 Å². The summed E-state index contributed by atoms with van der Waals surface area (Å²) in [4.78, 5) is 0. The Morgan fingerprint density at radius 2 is 1.29 bits per heavy atom. The molecule has 0 atom stereocenters. The first kappa shape index (κ1) is 14.9. The zero-order valence-electron chi connectivity index (χ0n) is 12.4. The highest BCUT2D eigenvalue weighted by Crippen LogP contribution is 2.39. The highest BCUT2D eigenvalue weighted by molar-refractivity contribution is 5.49. The number of aromatic hydroxyl groups is 2. The maximum absolute atomic E-state index is 9.51. The van der Waals surface area contributed by atoms with Gasteiger partial charge in [0, 0.05) is 5.41 Å². The highest BCUT2D eigenvalue weighted by Gasteiger charge is 2.30. The van der Waals surface area contributed by atoms with Crippen LogP contribution in [0, 0.1) is 0 Å². The fourth-order valence-corrected chi connectivity index (χ4v) is 2.55. The predicted octanol–water partition coefficient (Wildman–Crippen LogP) is 4.54. The van der Waals surface area contributed by atoms with Gasteiger partial charge in [-0.15, -0.1) is 0 Å². The van der Waals surface area contributed by atoms with Crippen molar-refractivity contribution in [3.63, 3.8) is 0 Å². The molecule has 0 spiro atoms. The average Bonchev–Trinajstić information content (AvgIpc) is 2.48. The molecule has 0 bridgehead atoms. The van der Waals surface area contributed by atoms with E-state index in [0.29, 0.717) is 0 Å². The Morgan fingerprint density at radius 3 is 1.62 bits per heavy atom. The van der Waals surface area contributed by atoms with Crippen molar-refractivity contribution in [3.8, 4) is 11.5 Å². The third-order valence-corrected chi connectivity index (χ3v) is 4.05. The molecule has 2 rings (SSSR count). The van der Waals surface area contributed by atoms with Crippen LogP contribution >= 0.6 is 0 Å². The van der Waals surface area contributed by atoms with Crippen molar-refractivity contribution in [1.29, 1.82) is 0 Å². The van der Waals surface area contributed by atoms with Crippen LogP contribution in [0.2, 0.25) is 0 Å². The quantitative estimate of drug-likeness (QED) is 0.807. The van der Waals surface area contributed by atoms with Crippen LogP contribution in [-0.4, -0.2) is 10.2 Å². The van der Waals surface area contributed by atoms with Crippen LogP contribution in [0.15, 0.2) is 72.8 Å². The van der Waals surface area contributed by atoms with Gasteiger partial charge in [0.25, 0.3) is 0 Å². The summed E-state index contributed by atoms with van der Waals surface area (Å²) in [6.45, 7) is 7.96. The minimum Gasteiger partial charge on any atom is -0.508 e. The van der Waals surface area contributed by atoms with Crippen molar-refractivity contribution in [2.45, 2.75) is 19.3 Å². The van der Waals surface area contributed by atoms with Crippen molar-refractivity contribution in [1.82, 2.24) is 0 Å². The smallest absolute Gasteiger partial charge is 0.115 e. The number of hydrogen-bond donors (Lipinski definition) is 2. The van der Waals surface area contributed by atoms with Crippen molar-refractivity contribution < 1.29 is 10.2 Å². The van der Waals surface area contributed by atoms with Crippen molar-refractivity contribution in [2.75, 3.05) is 0 Å². The first-order chi connectivity index (χ1) is 9.98. The Morgan fingerprint density at radius 1 is 0.905 bits per heavy atom. The standard InChI is InChI=1S/C19H20O2/c1-4-5-14(2)19(3,15-6-10-17(20)11-7-15)16-8-12-18(21)13-9-16/h4-13,20-21H,1H2,2-3H3. The Bertz CT molecular complexity index is 603. The van der Waals surface area contributed by atoms with E-state index in [2.05, 4.69) is 20.4 Å². The zero-order chi connectivity index (χ0) is 15.5. The topological polar surface area (TPSA) is 40.5 Å². The Kier molecular flexibility index (Phi) is 4.18. The second-order valence-electron chi connectivity index (χ2n) is 5.30. The third-order valence-electron chi connectivity index (χ3n) is 4.05. The molecule has 2 aromatic rings. The number of rotatable bonds is 4. The van der Waals surface area contributed by atoms with Crippen LogP contribution in [-0.2, 0) is 5.41 Å². The number of allylic oxidation sites excluding steroid dienone is 3. The van der Waals surface area contributed by atoms with Crippen LogP contribution in [0.4, 0.5) is 0 Å². The van der Waals surface area contributed by atoms with Crippen LogP contribution in [0.1, 0.15) is 25.0 Å². The van der Waals surface area contributed by atoms with Gasteiger partial charge in [0.1, 0.15) is 11.5 Å². The molecular weight excluding hydrogens is 260 g/mol. The first-order valence-electron chi connectivity index (χ1n) is 6.87. The summed E-state index contributed by atoms with van der Waals surface area (Å²) in [5, 5.41) is 19.0. The number of benzene rings is 2. The molecule has 0 heterocycles. The summed E-state index contributed by atoms with van der Waals surface area (Å²) in [7, 11) is 0. The molecule has 0 saturated heterocycles. The SMILES string of the molecule is C=CC=C(C)C(C)(c1ccc(O)cc1)c1ccc(O)cc1. The van der Waals surface area contributed by atoms with E-state index in [0.717, 1.165) is 16.7 Å². The normalized spacial score (nSPS) is 12.2. The second-order valence-corrected chi connectivity index (χ2v) is 5.30. The maximum atomic E-state index is 9.51. The fraction of sp³-hybridized carbons (Fsp3) is 0.158. The van der Waals surface area contributed by atoms with E-state index >= 15 is 0 Å². The van der Waals surface area contributed by atoms with Gasteiger partial charge in [-0.25, -0.2) is 0 Å². The summed E-state index contributed by atoms with van der Waals surface area (Å²) >= 11 is 0. The summed E-state index contributed by atoms with van der Waals surface area (Å²) in [5.74, 6) is 0.495. The number of phenolic OH excluding ortho intramolecular Hbond substituents is 2. The molecule has 0 aliphatic carbocycles. The lowest BCUT2D eigenvalue weighted by molar-refractivity contribution is 0.474. The van der Waals surface area contributed by atoms with E-state index < -0.39 is 0 Å². The average molecular weight is 280 g/mol. The largest absolute Gasteiger partial charge is 0.508 e. The van der Waals surface area contributed by atoms with Crippen LogP contribution in [0.25, 0.3) is 0 Å². The van der Waals surface area contributed by atoms with Crippen molar-refractivity contribution >= 4 is 0 Å². The van der Waals surface area contributed by atoms with Gasteiger partial charge < -0.3 is 10.2 Å². The molecule has 2 aromatic carbocycles. The van der Waals surface area contributed by atoms with Crippen LogP contribution in [0.3, 0.4) is 0 Å². The van der Waals surface area contributed by atoms with Gasteiger partial charge in [-0.05, 0) is 49.2 Å². The summed E-state index contributed by atoms with van der Waals surface area (Å²) in [5.41, 5.74) is 2.92. The minimum atomic E-state index is -0.352. The third kappa shape index (κ3) is 2.84. The Labute approximate surface area is 125 Å². The maximum Gasteiger partial charge on any atom is 0.115 e. The molecule has 2 heteroatoms. The summed E-state index contributed by atoms with van der Waals surface area (Å²) in [6.07, 6.45) is 3.76. The molecule has 108 valence electrons. The molecule has 0 radical (unpaired) electrons. The van der Waals surface area contributed by atoms with Gasteiger partial charge in [0.2, 0.25) is 0 Å². The molecule has 0 unspecified atom stereocenters. The minimum absolute atomic E-state index is 0.247. The molecular formula is C19H20O2. The van der Waals surface area contributed by atoms with E-state index in [1.54, 1.807) is 30.3 Å². The molecule has 0 aromatic heterocycles. The molecule has 0 fully saturated rings. The van der Waals surface area contributed by atoms with Gasteiger partial charge in [0.15, 0.2) is 0 Å². The molecule has 0 amide bonds. The van der Waals surface area contributed by atoms with E-state index in [-0.39, 0.29) is 16.9 Å². The predicted molar refractivity (Wildman–Crippen MR) is 86.6 cm³/mol. The fourth-order valence-electron chi connectivity index (χ4n) is 2.55. The molecule has 0 saturated carbocycles. The molecule has 0 aliphatic heterocycles. The number of hydrogen-bond acceptors (Lipinski definition) is 2. The zero-order valence-corrected chi connectivity index (χ0v) is 12.4. The molecule has 21 heavy (non-hydrogen) atoms. The van der Waals surface area contributed by atoms with E-state index in [1.807, 2.05) is 30.3 Å².